The van der Waals surface area contributed by atoms with Crippen molar-refractivity contribution in [2.24, 2.45) is 0 Å². The van der Waals surface area contributed by atoms with Gasteiger partial charge in [-0.3, -0.25) is 9.59 Å². The van der Waals surface area contributed by atoms with E-state index in [9.17, 15) is 9.59 Å². The molecule has 1 saturated heterocycles. The van der Waals surface area contributed by atoms with Gasteiger partial charge in [-0.15, -0.1) is 0 Å². The zero-order valence-corrected chi connectivity index (χ0v) is 13.3. The summed E-state index contributed by atoms with van der Waals surface area (Å²) in [5, 5.41) is 8.61. The van der Waals surface area contributed by atoms with Crippen molar-refractivity contribution in [1.82, 2.24) is 4.90 Å². The minimum Gasteiger partial charge on any atom is -0.481 e. The van der Waals surface area contributed by atoms with E-state index >= 15 is 0 Å². The lowest BCUT2D eigenvalue weighted by Crippen LogP contribution is -2.48. The first kappa shape index (κ1) is 16.3. The predicted molar refractivity (Wildman–Crippen MR) is 86.2 cm³/mol. The third-order valence-corrected chi connectivity index (χ3v) is 4.27. The van der Waals surface area contributed by atoms with Gasteiger partial charge in [-0.2, -0.15) is 0 Å². The minimum atomic E-state index is -0.840. The molecule has 1 fully saturated rings. The highest BCUT2D eigenvalue weighted by atomic mass is 16.4. The predicted octanol–water partition coefficient (Wildman–Crippen LogP) is 2.21. The van der Waals surface area contributed by atoms with E-state index in [1.54, 1.807) is 0 Å². The van der Waals surface area contributed by atoms with Crippen LogP contribution in [0, 0.1) is 13.8 Å². The van der Waals surface area contributed by atoms with Gasteiger partial charge in [-0.05, 0) is 43.5 Å². The molecule has 0 unspecified atom stereocenters. The number of carbonyl (C=O) groups excluding carboxylic acids is 1. The normalized spacial score (nSPS) is 15.0. The van der Waals surface area contributed by atoms with E-state index in [1.165, 1.54) is 16.8 Å². The number of carbonyl (C=O) groups is 2. The van der Waals surface area contributed by atoms with E-state index in [0.717, 1.165) is 13.1 Å². The molecule has 120 valence electrons. The van der Waals surface area contributed by atoms with Crippen molar-refractivity contribution in [3.63, 3.8) is 0 Å². The minimum absolute atomic E-state index is 0.0638. The quantitative estimate of drug-likeness (QED) is 0.906. The molecular formula is C17H24N2O3. The molecule has 0 atom stereocenters. The fourth-order valence-corrected chi connectivity index (χ4v) is 2.69. The van der Waals surface area contributed by atoms with E-state index in [-0.39, 0.29) is 12.3 Å². The summed E-state index contributed by atoms with van der Waals surface area (Å²) in [5.74, 6) is -0.770. The summed E-state index contributed by atoms with van der Waals surface area (Å²) in [7, 11) is 0. The average molecular weight is 304 g/mol. The molecule has 2 rings (SSSR count). The van der Waals surface area contributed by atoms with Crippen LogP contribution in [-0.4, -0.2) is 48.1 Å². The standard InChI is InChI=1S/C17H24N2O3/c1-13-6-7-15(12-14(13)2)18-8-10-19(11-9-18)16(20)4-3-5-17(21)22/h6-7,12H,3-5,8-11H2,1-2H3,(H,21,22). The fourth-order valence-electron chi connectivity index (χ4n) is 2.69. The van der Waals surface area contributed by atoms with Gasteiger partial charge in [-0.25, -0.2) is 0 Å². The lowest BCUT2D eigenvalue weighted by molar-refractivity contribution is -0.137. The maximum absolute atomic E-state index is 12.0. The summed E-state index contributed by atoms with van der Waals surface area (Å²) in [4.78, 5) is 26.7. The van der Waals surface area contributed by atoms with Crippen LogP contribution in [0.5, 0.6) is 0 Å². The van der Waals surface area contributed by atoms with Crippen molar-refractivity contribution >= 4 is 17.6 Å². The number of aryl methyl sites for hydroxylation is 2. The Balaban J connectivity index is 1.83. The molecule has 1 aliphatic heterocycles. The Morgan fingerprint density at radius 3 is 2.32 bits per heavy atom. The fraction of sp³-hybridized carbons (Fsp3) is 0.529. The van der Waals surface area contributed by atoms with Gasteiger partial charge in [0.25, 0.3) is 0 Å². The third kappa shape index (κ3) is 4.23. The van der Waals surface area contributed by atoms with Gasteiger partial charge in [0.05, 0.1) is 0 Å². The van der Waals surface area contributed by atoms with Gasteiger partial charge in [0.1, 0.15) is 0 Å². The number of aliphatic carboxylic acids is 1. The number of amides is 1. The molecule has 1 amide bonds. The van der Waals surface area contributed by atoms with Crippen LogP contribution in [0.15, 0.2) is 18.2 Å². The van der Waals surface area contributed by atoms with Gasteiger partial charge >= 0.3 is 5.97 Å². The third-order valence-electron chi connectivity index (χ3n) is 4.27. The largest absolute Gasteiger partial charge is 0.481 e. The summed E-state index contributed by atoms with van der Waals surface area (Å²) in [6.07, 6.45) is 0.815. The molecule has 0 bridgehead atoms. The van der Waals surface area contributed by atoms with Crippen LogP contribution in [0.25, 0.3) is 0 Å². The Labute approximate surface area is 131 Å². The zero-order chi connectivity index (χ0) is 16.1. The molecule has 5 nitrogen and oxygen atoms in total. The van der Waals surface area contributed by atoms with Gasteiger partial charge in [-0.1, -0.05) is 6.07 Å². The van der Waals surface area contributed by atoms with Crippen molar-refractivity contribution in [1.29, 1.82) is 0 Å². The maximum Gasteiger partial charge on any atom is 0.303 e. The summed E-state index contributed by atoms with van der Waals surface area (Å²) in [5.41, 5.74) is 3.78. The summed E-state index contributed by atoms with van der Waals surface area (Å²) in [6.45, 7) is 7.28. The lowest BCUT2D eigenvalue weighted by atomic mass is 10.1. The van der Waals surface area contributed by atoms with Crippen molar-refractivity contribution in [3.05, 3.63) is 29.3 Å². The number of nitrogens with zero attached hydrogens (tertiary/aromatic N) is 2. The van der Waals surface area contributed by atoms with Crippen molar-refractivity contribution in [2.45, 2.75) is 33.1 Å². The van der Waals surface area contributed by atoms with Crippen LogP contribution < -0.4 is 4.90 Å². The monoisotopic (exact) mass is 304 g/mol. The Hall–Kier alpha value is -2.04. The van der Waals surface area contributed by atoms with Crippen molar-refractivity contribution in [2.75, 3.05) is 31.1 Å². The highest BCUT2D eigenvalue weighted by Gasteiger charge is 2.21. The number of hydrogen-bond acceptors (Lipinski definition) is 3. The van der Waals surface area contributed by atoms with E-state index < -0.39 is 5.97 Å². The summed E-state index contributed by atoms with van der Waals surface area (Å²) >= 11 is 0. The average Bonchev–Trinajstić information content (AvgIpc) is 2.50. The molecule has 1 heterocycles. The molecule has 22 heavy (non-hydrogen) atoms. The maximum atomic E-state index is 12.0. The first-order valence-electron chi connectivity index (χ1n) is 7.79. The van der Waals surface area contributed by atoms with Crippen molar-refractivity contribution in [3.8, 4) is 0 Å². The lowest BCUT2D eigenvalue weighted by Gasteiger charge is -2.36. The first-order chi connectivity index (χ1) is 10.5. The molecule has 1 aromatic carbocycles. The Bertz CT molecular complexity index is 549. The second-order valence-corrected chi connectivity index (χ2v) is 5.88. The highest BCUT2D eigenvalue weighted by Crippen LogP contribution is 2.20. The second kappa shape index (κ2) is 7.29. The van der Waals surface area contributed by atoms with Gasteiger partial charge in [0, 0.05) is 44.7 Å². The molecule has 1 N–H and O–H groups in total. The van der Waals surface area contributed by atoms with E-state index in [1.807, 2.05) is 4.90 Å². The van der Waals surface area contributed by atoms with Gasteiger partial charge in [0.15, 0.2) is 0 Å². The topological polar surface area (TPSA) is 60.9 Å². The number of rotatable bonds is 5. The molecule has 0 saturated carbocycles. The Morgan fingerprint density at radius 1 is 1.05 bits per heavy atom. The number of benzene rings is 1. The van der Waals surface area contributed by atoms with Gasteiger partial charge in [0.2, 0.25) is 5.91 Å². The first-order valence-corrected chi connectivity index (χ1v) is 7.79. The van der Waals surface area contributed by atoms with Crippen LogP contribution in [-0.2, 0) is 9.59 Å². The molecule has 0 aliphatic carbocycles. The van der Waals surface area contributed by atoms with Crippen LogP contribution in [0.2, 0.25) is 0 Å². The molecule has 0 spiro atoms. The van der Waals surface area contributed by atoms with Crippen LogP contribution >= 0.6 is 0 Å². The van der Waals surface area contributed by atoms with E-state index in [2.05, 4.69) is 36.9 Å². The van der Waals surface area contributed by atoms with Crippen LogP contribution in [0.1, 0.15) is 30.4 Å². The van der Waals surface area contributed by atoms with E-state index in [4.69, 9.17) is 5.11 Å². The Kier molecular flexibility index (Phi) is 5.41. The Morgan fingerprint density at radius 2 is 1.73 bits per heavy atom. The summed E-state index contributed by atoms with van der Waals surface area (Å²) < 4.78 is 0. The molecule has 0 aromatic heterocycles. The smallest absolute Gasteiger partial charge is 0.303 e. The highest BCUT2D eigenvalue weighted by molar-refractivity contribution is 5.77. The molecule has 1 aromatic rings. The number of piperazine rings is 1. The number of carboxylic acid groups (broad SMARTS) is 1. The molecule has 1 aliphatic rings. The zero-order valence-electron chi connectivity index (χ0n) is 13.3. The molecule has 5 heteroatoms. The molecular weight excluding hydrogens is 280 g/mol. The van der Waals surface area contributed by atoms with Crippen molar-refractivity contribution < 1.29 is 14.7 Å². The van der Waals surface area contributed by atoms with Crippen LogP contribution in [0.3, 0.4) is 0 Å². The molecule has 0 radical (unpaired) electrons. The number of hydrogen-bond donors (Lipinski definition) is 1. The second-order valence-electron chi connectivity index (χ2n) is 5.88. The number of anilines is 1. The number of carboxylic acids is 1. The van der Waals surface area contributed by atoms with E-state index in [0.29, 0.717) is 25.9 Å². The van der Waals surface area contributed by atoms with Crippen LogP contribution in [0.4, 0.5) is 5.69 Å². The summed E-state index contributed by atoms with van der Waals surface area (Å²) in [6, 6.07) is 6.46. The van der Waals surface area contributed by atoms with Gasteiger partial charge < -0.3 is 14.9 Å². The SMILES string of the molecule is Cc1ccc(N2CCN(C(=O)CCCC(=O)O)CC2)cc1C.